The van der Waals surface area contributed by atoms with Crippen LogP contribution in [0.5, 0.6) is 0 Å². The van der Waals surface area contributed by atoms with Gasteiger partial charge in [-0.1, -0.05) is 0 Å². The Morgan fingerprint density at radius 2 is 2.08 bits per heavy atom. The summed E-state index contributed by atoms with van der Waals surface area (Å²) in [6.07, 6.45) is 4.96. The zero-order valence-electron chi connectivity index (χ0n) is 20.6. The Kier molecular flexibility index (Phi) is 7.25. The second-order valence-electron chi connectivity index (χ2n) is 9.21. The van der Waals surface area contributed by atoms with E-state index in [0.717, 1.165) is 19.3 Å². The first kappa shape index (κ1) is 25.5. The minimum Gasteiger partial charge on any atom is -0.381 e. The number of pyridine rings is 1. The maximum atomic E-state index is 13.4. The zero-order chi connectivity index (χ0) is 26.0. The summed E-state index contributed by atoms with van der Waals surface area (Å²) in [5, 5.41) is 14.5. The molecule has 1 aliphatic heterocycles. The first-order chi connectivity index (χ1) is 17.2. The molecule has 0 spiro atoms. The molecule has 10 nitrogen and oxygen atoms in total. The third kappa shape index (κ3) is 5.18. The predicted octanol–water partition coefficient (Wildman–Crippen LogP) is 2.54. The highest BCUT2D eigenvalue weighted by Gasteiger charge is 2.46. The number of ether oxygens (including phenoxy) is 1. The van der Waals surface area contributed by atoms with Crippen LogP contribution in [0.4, 0.5) is 14.5 Å². The lowest BCUT2D eigenvalue weighted by Crippen LogP contribution is -2.43. The summed E-state index contributed by atoms with van der Waals surface area (Å²) in [5.41, 5.74) is 0.118. The van der Waals surface area contributed by atoms with E-state index >= 15 is 0 Å². The lowest BCUT2D eigenvalue weighted by Gasteiger charge is -2.36. The number of carbonyl (C=O) groups is 1. The molecule has 194 valence electrons. The molecule has 1 aromatic heterocycles. The van der Waals surface area contributed by atoms with Crippen molar-refractivity contribution in [1.82, 2.24) is 20.2 Å². The number of halogens is 2. The van der Waals surface area contributed by atoms with Gasteiger partial charge in [-0.2, -0.15) is 10.1 Å². The number of amidine groups is 1. The van der Waals surface area contributed by atoms with Crippen molar-refractivity contribution in [3.8, 4) is 0 Å². The predicted molar refractivity (Wildman–Crippen MR) is 133 cm³/mol. The number of amides is 1. The molecular formula is C24H31F2N7O3. The van der Waals surface area contributed by atoms with Gasteiger partial charge in [0.15, 0.2) is 5.84 Å². The molecule has 1 aromatic rings. The van der Waals surface area contributed by atoms with Crippen molar-refractivity contribution in [1.29, 1.82) is 0 Å². The molecular weight excluding hydrogens is 472 g/mol. The van der Waals surface area contributed by atoms with Gasteiger partial charge in [0.25, 0.3) is 17.4 Å². The summed E-state index contributed by atoms with van der Waals surface area (Å²) < 4.78 is 33.4. The Morgan fingerprint density at radius 1 is 1.33 bits per heavy atom. The van der Waals surface area contributed by atoms with Gasteiger partial charge in [-0.25, -0.2) is 8.78 Å². The molecule has 2 atom stereocenters. The molecule has 3 aliphatic rings. The second-order valence-corrected chi connectivity index (χ2v) is 9.21. The molecule has 3 N–H and O–H groups in total. The van der Waals surface area contributed by atoms with Crippen LogP contribution >= 0.6 is 0 Å². The summed E-state index contributed by atoms with van der Waals surface area (Å²) >= 11 is 0. The number of aliphatic imine (C=N–C) groups is 1. The van der Waals surface area contributed by atoms with E-state index < -0.39 is 17.5 Å². The first-order valence-corrected chi connectivity index (χ1v) is 11.8. The van der Waals surface area contributed by atoms with E-state index in [-0.39, 0.29) is 36.6 Å². The number of anilines is 1. The van der Waals surface area contributed by atoms with Gasteiger partial charge in [-0.15, -0.1) is 0 Å². The van der Waals surface area contributed by atoms with Crippen molar-refractivity contribution in [3.63, 3.8) is 0 Å². The summed E-state index contributed by atoms with van der Waals surface area (Å²) in [5.74, 6) is -1.95. The summed E-state index contributed by atoms with van der Waals surface area (Å²) in [4.78, 5) is 30.2. The number of nitrogens with one attached hydrogen (secondary N) is 3. The van der Waals surface area contributed by atoms with Crippen molar-refractivity contribution in [2.24, 2.45) is 10.1 Å². The van der Waals surface area contributed by atoms with Gasteiger partial charge in [0.05, 0.1) is 11.7 Å². The SMILES string of the molecule is C=NN1C(=NC)C=C(Nc2cccn(C3CC(F)(F)C3)c2=O)N/C1=C(/C)C(=O)N[C@H]1CC[C@H](OC)C1. The third-order valence-electron chi connectivity index (χ3n) is 6.78. The molecule has 2 heterocycles. The molecule has 0 radical (unpaired) electrons. The van der Waals surface area contributed by atoms with E-state index in [1.165, 1.54) is 15.8 Å². The molecule has 36 heavy (non-hydrogen) atoms. The fraction of sp³-hybridized carbons (Fsp3) is 0.500. The Morgan fingerprint density at radius 3 is 2.69 bits per heavy atom. The van der Waals surface area contributed by atoms with Crippen LogP contribution in [0.15, 0.2) is 56.5 Å². The monoisotopic (exact) mass is 503 g/mol. The van der Waals surface area contributed by atoms with Gasteiger partial charge in [0.1, 0.15) is 17.3 Å². The van der Waals surface area contributed by atoms with Crippen LogP contribution in [-0.2, 0) is 9.53 Å². The minimum atomic E-state index is -2.74. The molecule has 0 unspecified atom stereocenters. The van der Waals surface area contributed by atoms with E-state index in [1.807, 2.05) is 0 Å². The maximum absolute atomic E-state index is 13.4. The van der Waals surface area contributed by atoms with E-state index in [4.69, 9.17) is 4.74 Å². The molecule has 12 heteroatoms. The van der Waals surface area contributed by atoms with Crippen LogP contribution in [0.1, 0.15) is 45.1 Å². The average Bonchev–Trinajstić information content (AvgIpc) is 3.30. The molecule has 0 bridgehead atoms. The largest absolute Gasteiger partial charge is 0.381 e. The summed E-state index contributed by atoms with van der Waals surface area (Å²) in [6, 6.07) is 2.64. The number of alkyl halides is 2. The molecule has 2 aliphatic carbocycles. The first-order valence-electron chi connectivity index (χ1n) is 11.8. The van der Waals surface area contributed by atoms with Crippen LogP contribution in [0, 0.1) is 0 Å². The van der Waals surface area contributed by atoms with E-state index in [9.17, 15) is 18.4 Å². The lowest BCUT2D eigenvalue weighted by molar-refractivity contribution is -0.118. The standard InChI is InChI=1S/C24H31F2N7O3/c1-14(22(34)29-15-7-8-17(10-15)36-4)21-31-19(11-20(27-2)33(21)28-3)30-18-6-5-9-32(23(18)35)16-12-24(25,26)13-16/h5-6,9,11,15-17,30-31H,3,7-8,10,12-13H2,1-2,4H3,(H,29,34)/b21-14+,27-20?/t15-,17-/m0/s1. The van der Waals surface area contributed by atoms with Gasteiger partial charge < -0.3 is 25.3 Å². The fourth-order valence-corrected chi connectivity index (χ4v) is 4.69. The number of hydrazone groups is 1. The van der Waals surface area contributed by atoms with Crippen LogP contribution in [0.25, 0.3) is 0 Å². The highest BCUT2D eigenvalue weighted by Crippen LogP contribution is 2.44. The van der Waals surface area contributed by atoms with Crippen molar-refractivity contribution >= 4 is 24.1 Å². The molecule has 4 rings (SSSR count). The van der Waals surface area contributed by atoms with E-state index in [0.29, 0.717) is 23.1 Å². The number of hydrogen-bond donors (Lipinski definition) is 3. The van der Waals surface area contributed by atoms with Crippen LogP contribution in [-0.4, -0.2) is 60.3 Å². The van der Waals surface area contributed by atoms with Crippen LogP contribution < -0.4 is 21.5 Å². The minimum absolute atomic E-state index is 0.000787. The smallest absolute Gasteiger partial charge is 0.274 e. The van der Waals surface area contributed by atoms with Gasteiger partial charge in [-0.3, -0.25) is 14.6 Å². The number of methoxy groups -OCH3 is 1. The number of rotatable bonds is 7. The van der Waals surface area contributed by atoms with Crippen molar-refractivity contribution in [2.75, 3.05) is 19.5 Å². The number of carbonyl (C=O) groups excluding carboxylic acids is 1. The topological polar surface area (TPSA) is 112 Å². The third-order valence-corrected chi connectivity index (χ3v) is 6.78. The number of aromatic nitrogens is 1. The molecule has 1 amide bonds. The quantitative estimate of drug-likeness (QED) is 0.390. The van der Waals surface area contributed by atoms with Crippen molar-refractivity contribution in [2.45, 2.75) is 63.1 Å². The highest BCUT2D eigenvalue weighted by atomic mass is 19.3. The molecule has 0 saturated heterocycles. The Balaban J connectivity index is 1.56. The zero-order valence-corrected chi connectivity index (χ0v) is 20.6. The highest BCUT2D eigenvalue weighted by molar-refractivity contribution is 5.99. The number of hydrogen-bond acceptors (Lipinski definition) is 7. The van der Waals surface area contributed by atoms with Crippen molar-refractivity contribution in [3.05, 3.63) is 52.0 Å². The van der Waals surface area contributed by atoms with Gasteiger partial charge in [0.2, 0.25) is 0 Å². The molecule has 2 fully saturated rings. The average molecular weight is 504 g/mol. The van der Waals surface area contributed by atoms with Gasteiger partial charge in [0, 0.05) is 58.1 Å². The summed E-state index contributed by atoms with van der Waals surface area (Å²) in [7, 11) is 3.23. The molecule has 2 saturated carbocycles. The summed E-state index contributed by atoms with van der Waals surface area (Å²) in [6.45, 7) is 5.24. The number of nitrogens with zero attached hydrogens (tertiary/aromatic N) is 4. The fourth-order valence-electron chi connectivity index (χ4n) is 4.69. The van der Waals surface area contributed by atoms with Gasteiger partial charge >= 0.3 is 0 Å². The Hall–Kier alpha value is -3.54. The molecule has 0 aromatic carbocycles. The van der Waals surface area contributed by atoms with Gasteiger partial charge in [-0.05, 0) is 38.3 Å². The van der Waals surface area contributed by atoms with Crippen molar-refractivity contribution < 1.29 is 18.3 Å². The lowest BCUT2D eigenvalue weighted by atomic mass is 9.88. The second kappa shape index (κ2) is 10.2. The van der Waals surface area contributed by atoms with Crippen LogP contribution in [0.2, 0.25) is 0 Å². The maximum Gasteiger partial charge on any atom is 0.274 e. The van der Waals surface area contributed by atoms with E-state index in [2.05, 4.69) is 32.8 Å². The van der Waals surface area contributed by atoms with E-state index in [1.54, 1.807) is 39.3 Å². The van der Waals surface area contributed by atoms with Crippen LogP contribution in [0.3, 0.4) is 0 Å². The Bertz CT molecular complexity index is 1180. The normalized spacial score (nSPS) is 26.1. The Labute approximate surface area is 207 Å².